The topological polar surface area (TPSA) is 231 Å². The molecule has 0 saturated carbocycles. The lowest BCUT2D eigenvalue weighted by molar-refractivity contribution is -0.273. The van der Waals surface area contributed by atoms with Crippen LogP contribution in [0.15, 0.2) is 12.2 Å². The molecule has 0 aliphatic heterocycles. The molecule has 0 spiro atoms. The van der Waals surface area contributed by atoms with Gasteiger partial charge < -0.3 is 52.7 Å². The molecule has 20 nitrogen and oxygen atoms in total. The highest BCUT2D eigenvalue weighted by molar-refractivity contribution is 5.87. The Hall–Kier alpha value is -3.83. The number of rotatable bonds is 49. The van der Waals surface area contributed by atoms with Crippen molar-refractivity contribution in [3.05, 3.63) is 12.2 Å². The minimum absolute atomic E-state index is 0.130. The fraction of sp³-hybridized carbons (Fsp3) is 0.860. The van der Waals surface area contributed by atoms with Gasteiger partial charge in [0.05, 0.1) is 77.3 Å². The minimum Gasteiger partial charge on any atom is -0.457 e. The summed E-state index contributed by atoms with van der Waals surface area (Å²) in [5.41, 5.74) is 0.130. The van der Waals surface area contributed by atoms with Crippen molar-refractivity contribution in [1.29, 1.82) is 10.5 Å². The Kier molecular flexibility index (Phi) is 41.5. The van der Waals surface area contributed by atoms with Gasteiger partial charge >= 0.3 is 12.1 Å². The molecule has 70 heavy (non-hydrogen) atoms. The van der Waals surface area contributed by atoms with Crippen LogP contribution in [-0.4, -0.2) is 164 Å². The van der Waals surface area contributed by atoms with Gasteiger partial charge in [-0.2, -0.15) is 10.5 Å². The molecule has 2 amide bonds. The Balaban J connectivity index is 4.29. The Morgan fingerprint density at radius 1 is 0.614 bits per heavy atom. The number of hydroxylamine groups is 1. The van der Waals surface area contributed by atoms with Gasteiger partial charge in [0.25, 0.3) is 12.5 Å². The van der Waals surface area contributed by atoms with Crippen LogP contribution in [0.2, 0.25) is 0 Å². The molecule has 0 fully saturated rings. The van der Waals surface area contributed by atoms with Crippen molar-refractivity contribution in [3.8, 4) is 12.5 Å². The van der Waals surface area contributed by atoms with E-state index in [2.05, 4.69) is 31.1 Å². The molecule has 2 N–H and O–H groups in total. The van der Waals surface area contributed by atoms with E-state index in [-0.39, 0.29) is 55.9 Å². The van der Waals surface area contributed by atoms with Gasteiger partial charge in [0.2, 0.25) is 6.41 Å². The largest absolute Gasteiger partial charge is 0.457 e. The number of alkyl carbamates (subject to hydrolysis) is 1. The molecule has 0 rings (SSSR count). The highest BCUT2D eigenvalue weighted by Gasteiger charge is 2.21. The van der Waals surface area contributed by atoms with E-state index in [1.807, 2.05) is 27.7 Å². The van der Waals surface area contributed by atoms with Gasteiger partial charge in [0.1, 0.15) is 32.2 Å². The van der Waals surface area contributed by atoms with E-state index in [0.717, 1.165) is 90.0 Å². The Labute approximate surface area is 420 Å². The molecule has 6 unspecified atom stereocenters. The van der Waals surface area contributed by atoms with Gasteiger partial charge in [-0.25, -0.2) is 9.59 Å². The summed E-state index contributed by atoms with van der Waals surface area (Å²) in [6.07, 6.45) is 12.6. The first-order chi connectivity index (χ1) is 33.5. The quantitative estimate of drug-likeness (QED) is 0.0118. The van der Waals surface area contributed by atoms with Crippen LogP contribution >= 0.6 is 0 Å². The van der Waals surface area contributed by atoms with Crippen LogP contribution in [0.5, 0.6) is 0 Å². The molecule has 0 aromatic heterocycles. The molecule has 20 heteroatoms. The molecular formula is C50H92N6O14. The molecule has 0 aromatic rings. The summed E-state index contributed by atoms with van der Waals surface area (Å²) < 4.78 is 55.5. The highest BCUT2D eigenvalue weighted by atomic mass is 16.7. The first-order valence-corrected chi connectivity index (χ1v) is 25.3. The van der Waals surface area contributed by atoms with Crippen molar-refractivity contribution in [2.45, 2.75) is 176 Å². The van der Waals surface area contributed by atoms with E-state index in [4.69, 9.17) is 62.7 Å². The molecule has 0 aromatic carbocycles. The molecule has 6 atom stereocenters. The van der Waals surface area contributed by atoms with Crippen LogP contribution in [0.1, 0.15) is 139 Å². The van der Waals surface area contributed by atoms with Crippen LogP contribution in [0.25, 0.3) is 0 Å². The predicted octanol–water partition coefficient (Wildman–Crippen LogP) is 7.12. The zero-order valence-electron chi connectivity index (χ0n) is 44.3. The summed E-state index contributed by atoms with van der Waals surface area (Å²) in [6.45, 7) is 27.1. The number of unbranched alkanes of at least 4 members (excludes halogenated alkanes) is 9. The van der Waals surface area contributed by atoms with Gasteiger partial charge in [-0.15, -0.1) is 0 Å². The van der Waals surface area contributed by atoms with E-state index in [1.165, 1.54) is 0 Å². The number of carbonyl (C=O) groups excluding carboxylic acids is 3. The lowest BCUT2D eigenvalue weighted by Gasteiger charge is -2.31. The monoisotopic (exact) mass is 1000 g/mol. The van der Waals surface area contributed by atoms with Gasteiger partial charge in [-0.1, -0.05) is 51.3 Å². The summed E-state index contributed by atoms with van der Waals surface area (Å²) in [6, 6.07) is 0. The van der Waals surface area contributed by atoms with Crippen molar-refractivity contribution in [2.75, 3.05) is 99.0 Å². The third-order valence-electron chi connectivity index (χ3n) is 10.2. The Bertz CT molecular complexity index is 1420. The third-order valence-corrected chi connectivity index (χ3v) is 10.2. The number of nitrogens with zero attached hydrogens (tertiary/aromatic N) is 4. The van der Waals surface area contributed by atoms with Crippen molar-refractivity contribution in [2.24, 2.45) is 5.41 Å². The summed E-state index contributed by atoms with van der Waals surface area (Å²) in [5, 5.41) is 26.3. The number of nitrogens with one attached hydrogen (secondary N) is 2. The zero-order valence-corrected chi connectivity index (χ0v) is 44.3. The van der Waals surface area contributed by atoms with Crippen molar-refractivity contribution in [1.82, 2.24) is 20.8 Å². The number of hydrogen-bond acceptors (Lipinski definition) is 18. The molecule has 0 bridgehead atoms. The van der Waals surface area contributed by atoms with Crippen LogP contribution in [0.4, 0.5) is 4.79 Å². The average molecular weight is 1000 g/mol. The molecule has 0 heterocycles. The van der Waals surface area contributed by atoms with Crippen molar-refractivity contribution < 1.29 is 66.6 Å². The number of esters is 1. The molecule has 0 radical (unpaired) electrons. The number of ether oxygens (including phenoxy) is 10. The standard InChI is InChI=1S/C50H92N6O14/c1-41(2)48(58)69-46(7)33-66-44(5)31-64-42(3)29-62-35-50(9,10)36-63-30-43(4)65-32-45(6)67-34-47(8)70-49(59)54-24-18-11-13-20-26-56(55(40-57)25-19-14-16-22-28-61-38-52)68-39-53-23-17-12-15-21-27-60-37-51/h40,42-47,53H,1,11-36,39H2,2-10H3,(H,54,59). The zero-order chi connectivity index (χ0) is 52.3. The molecule has 406 valence electrons. The van der Waals surface area contributed by atoms with Crippen LogP contribution in [-0.2, 0) is 61.8 Å². The second kappa shape index (κ2) is 43.9. The lowest BCUT2D eigenvalue weighted by Crippen LogP contribution is -2.44. The number of hydrazine groups is 1. The third kappa shape index (κ3) is 40.9. The van der Waals surface area contributed by atoms with Crippen molar-refractivity contribution >= 4 is 18.5 Å². The lowest BCUT2D eigenvalue weighted by atomic mass is 9.96. The minimum atomic E-state index is -0.496. The van der Waals surface area contributed by atoms with Crippen molar-refractivity contribution in [3.63, 3.8) is 0 Å². The second-order valence-electron chi connectivity index (χ2n) is 18.6. The van der Waals surface area contributed by atoms with E-state index >= 15 is 0 Å². The maximum Gasteiger partial charge on any atom is 0.407 e. The number of carbonyl (C=O) groups is 3. The Morgan fingerprint density at radius 3 is 1.56 bits per heavy atom. The molecule has 0 aliphatic carbocycles. The normalized spacial score (nSPS) is 14.1. The van der Waals surface area contributed by atoms with Gasteiger partial charge in [-0.05, 0) is 106 Å². The summed E-state index contributed by atoms with van der Waals surface area (Å²) in [4.78, 5) is 42.1. The van der Waals surface area contributed by atoms with E-state index in [9.17, 15) is 14.4 Å². The maximum absolute atomic E-state index is 12.4. The maximum atomic E-state index is 12.4. The first-order valence-electron chi connectivity index (χ1n) is 25.3. The molecule has 0 saturated heterocycles. The molecule has 0 aliphatic rings. The molecular weight excluding hydrogens is 909 g/mol. The van der Waals surface area contributed by atoms with E-state index < -0.39 is 18.2 Å². The van der Waals surface area contributed by atoms with Gasteiger partial charge in [0.15, 0.2) is 0 Å². The summed E-state index contributed by atoms with van der Waals surface area (Å²) >= 11 is 0. The highest BCUT2D eigenvalue weighted by Crippen LogP contribution is 2.17. The predicted molar refractivity (Wildman–Crippen MR) is 263 cm³/mol. The summed E-state index contributed by atoms with van der Waals surface area (Å²) in [5.74, 6) is -0.432. The number of hydrogen-bond donors (Lipinski definition) is 2. The van der Waals surface area contributed by atoms with Gasteiger partial charge in [0, 0.05) is 30.6 Å². The average Bonchev–Trinajstić information content (AvgIpc) is 3.31. The van der Waals surface area contributed by atoms with Crippen LogP contribution in [0.3, 0.4) is 0 Å². The first kappa shape index (κ1) is 66.2. The fourth-order valence-corrected chi connectivity index (χ4v) is 6.27. The fourth-order valence-electron chi connectivity index (χ4n) is 6.27. The van der Waals surface area contributed by atoms with Gasteiger partial charge in [-0.3, -0.25) is 20.0 Å². The summed E-state index contributed by atoms with van der Waals surface area (Å²) in [7, 11) is 0. The number of amides is 2. The number of nitriles is 2. The smallest absolute Gasteiger partial charge is 0.407 e. The van der Waals surface area contributed by atoms with E-state index in [1.54, 1.807) is 43.5 Å². The SMILES string of the molecule is C=C(C)C(=O)OC(C)COC(C)COC(C)COCC(C)(C)COCC(C)OCC(C)OCC(C)OC(=O)NCCCCCCN(OCNCCCCCCOC#N)N(C=O)CCCCCCOC#N. The van der Waals surface area contributed by atoms with E-state index in [0.29, 0.717) is 78.1 Å². The van der Waals surface area contributed by atoms with Crippen LogP contribution in [0, 0.1) is 28.4 Å². The Morgan fingerprint density at radius 2 is 1.06 bits per heavy atom. The van der Waals surface area contributed by atoms with Crippen LogP contribution < -0.4 is 10.6 Å². The second-order valence-corrected chi connectivity index (χ2v) is 18.6.